The van der Waals surface area contributed by atoms with Gasteiger partial charge in [-0.25, -0.2) is 0 Å². The van der Waals surface area contributed by atoms with Crippen LogP contribution in [0.3, 0.4) is 0 Å². The molecule has 3 nitrogen and oxygen atoms in total. The van der Waals surface area contributed by atoms with Gasteiger partial charge in [-0.2, -0.15) is 0 Å². The van der Waals surface area contributed by atoms with Crippen LogP contribution in [0.2, 0.25) is 0 Å². The summed E-state index contributed by atoms with van der Waals surface area (Å²) in [6, 6.07) is 28.2. The number of amides is 2. The Morgan fingerprint density at radius 2 is 1.17 bits per heavy atom. The Morgan fingerprint density at radius 3 is 1.63 bits per heavy atom. The minimum absolute atomic E-state index is 0.0508. The first-order chi connectivity index (χ1) is 14.6. The molecule has 1 aliphatic heterocycles. The SMILES string of the molecule is Cc1cccc(N2C(=O)[C@H]3[C@H](C2=O)[C@H](c2ccccc2)CC[C@H]3c2ccccc2)c1. The summed E-state index contributed by atoms with van der Waals surface area (Å²) >= 11 is 0. The van der Waals surface area contributed by atoms with Crippen LogP contribution < -0.4 is 4.90 Å². The molecular weight excluding hydrogens is 370 g/mol. The molecule has 4 atom stereocenters. The molecule has 1 heterocycles. The Morgan fingerprint density at radius 1 is 0.667 bits per heavy atom. The maximum Gasteiger partial charge on any atom is 0.238 e. The lowest BCUT2D eigenvalue weighted by Crippen LogP contribution is -2.34. The lowest BCUT2D eigenvalue weighted by molar-refractivity contribution is -0.122. The predicted octanol–water partition coefficient (Wildman–Crippen LogP) is 5.46. The number of fused-ring (bicyclic) bond motifs is 1. The number of benzene rings is 3. The van der Waals surface area contributed by atoms with E-state index in [1.807, 2.05) is 67.6 Å². The van der Waals surface area contributed by atoms with E-state index in [0.29, 0.717) is 5.69 Å². The van der Waals surface area contributed by atoms with Crippen LogP contribution >= 0.6 is 0 Å². The van der Waals surface area contributed by atoms with Crippen LogP contribution in [0.15, 0.2) is 84.9 Å². The molecule has 0 unspecified atom stereocenters. The molecule has 2 aliphatic rings. The quantitative estimate of drug-likeness (QED) is 0.552. The summed E-state index contributed by atoms with van der Waals surface area (Å²) in [5.74, 6) is -0.598. The van der Waals surface area contributed by atoms with Crippen LogP contribution in [-0.4, -0.2) is 11.8 Å². The van der Waals surface area contributed by atoms with Gasteiger partial charge in [0.15, 0.2) is 0 Å². The third-order valence-electron chi connectivity index (χ3n) is 6.77. The molecule has 0 N–H and O–H groups in total. The van der Waals surface area contributed by atoms with Crippen LogP contribution in [-0.2, 0) is 9.59 Å². The van der Waals surface area contributed by atoms with Crippen LogP contribution in [0.5, 0.6) is 0 Å². The maximum absolute atomic E-state index is 13.7. The normalized spacial score (nSPS) is 26.0. The second-order valence-electron chi connectivity index (χ2n) is 8.51. The molecule has 1 aliphatic carbocycles. The van der Waals surface area contributed by atoms with Crippen LogP contribution in [0, 0.1) is 18.8 Å². The Labute approximate surface area is 177 Å². The molecule has 3 heteroatoms. The number of hydrogen-bond acceptors (Lipinski definition) is 2. The Balaban J connectivity index is 1.61. The maximum atomic E-state index is 13.7. The van der Waals surface area contributed by atoms with Gasteiger partial charge < -0.3 is 0 Å². The topological polar surface area (TPSA) is 37.4 Å². The lowest BCUT2D eigenvalue weighted by Gasteiger charge is -2.37. The molecule has 2 amide bonds. The van der Waals surface area contributed by atoms with Crippen molar-refractivity contribution in [3.05, 3.63) is 102 Å². The Hall–Kier alpha value is -3.20. The standard InChI is InChI=1S/C27H25NO2/c1-18-9-8-14-21(17-18)28-26(29)24-22(19-10-4-2-5-11-19)15-16-23(25(24)27(28)30)20-12-6-3-7-13-20/h2-14,17,22-25H,15-16H2,1H3/t22-,23-,24+,25+/m0/s1. The van der Waals surface area contributed by atoms with Gasteiger partial charge in [0.05, 0.1) is 17.5 Å². The Bertz CT molecular complexity index is 1010. The van der Waals surface area contributed by atoms with Crippen molar-refractivity contribution in [3.63, 3.8) is 0 Å². The van der Waals surface area contributed by atoms with E-state index in [0.717, 1.165) is 29.5 Å². The fourth-order valence-corrected chi connectivity index (χ4v) is 5.45. The zero-order valence-corrected chi connectivity index (χ0v) is 17.1. The molecule has 1 saturated carbocycles. The fourth-order valence-electron chi connectivity index (χ4n) is 5.45. The largest absolute Gasteiger partial charge is 0.274 e. The molecule has 0 spiro atoms. The number of rotatable bonds is 3. The van der Waals surface area contributed by atoms with Crippen molar-refractivity contribution in [1.29, 1.82) is 0 Å². The molecular formula is C27H25NO2. The first kappa shape index (κ1) is 18.8. The van der Waals surface area contributed by atoms with Crippen molar-refractivity contribution >= 4 is 17.5 Å². The van der Waals surface area contributed by atoms with E-state index in [9.17, 15) is 9.59 Å². The fraction of sp³-hybridized carbons (Fsp3) is 0.259. The molecule has 0 bridgehead atoms. The van der Waals surface area contributed by atoms with E-state index in [1.54, 1.807) is 0 Å². The minimum atomic E-state index is -0.320. The van der Waals surface area contributed by atoms with Crippen molar-refractivity contribution in [2.45, 2.75) is 31.6 Å². The first-order valence-corrected chi connectivity index (χ1v) is 10.7. The highest BCUT2D eigenvalue weighted by Gasteiger charge is 2.56. The monoisotopic (exact) mass is 395 g/mol. The number of nitrogens with zero attached hydrogens (tertiary/aromatic N) is 1. The number of anilines is 1. The van der Waals surface area contributed by atoms with Gasteiger partial charge in [-0.1, -0.05) is 72.8 Å². The summed E-state index contributed by atoms with van der Waals surface area (Å²) in [7, 11) is 0. The van der Waals surface area contributed by atoms with E-state index >= 15 is 0 Å². The highest BCUT2D eigenvalue weighted by Crippen LogP contribution is 2.53. The van der Waals surface area contributed by atoms with E-state index in [4.69, 9.17) is 0 Å². The van der Waals surface area contributed by atoms with E-state index in [2.05, 4.69) is 24.3 Å². The van der Waals surface area contributed by atoms with Gasteiger partial charge in [0.1, 0.15) is 0 Å². The molecule has 0 aromatic heterocycles. The average molecular weight is 396 g/mol. The number of carbonyl (C=O) groups excluding carboxylic acids is 2. The Kier molecular flexibility index (Phi) is 4.74. The second-order valence-corrected chi connectivity index (χ2v) is 8.51. The van der Waals surface area contributed by atoms with E-state index < -0.39 is 0 Å². The van der Waals surface area contributed by atoms with Crippen LogP contribution in [0.1, 0.15) is 41.4 Å². The number of carbonyl (C=O) groups is 2. The molecule has 1 saturated heterocycles. The molecule has 2 fully saturated rings. The number of aryl methyl sites for hydroxylation is 1. The number of hydrogen-bond donors (Lipinski definition) is 0. The third-order valence-corrected chi connectivity index (χ3v) is 6.77. The van der Waals surface area contributed by atoms with Crippen molar-refractivity contribution in [2.24, 2.45) is 11.8 Å². The summed E-state index contributed by atoms with van der Waals surface area (Å²) < 4.78 is 0. The summed E-state index contributed by atoms with van der Waals surface area (Å²) in [5.41, 5.74) is 4.05. The van der Waals surface area contributed by atoms with Gasteiger partial charge in [-0.05, 0) is 60.4 Å². The summed E-state index contributed by atoms with van der Waals surface area (Å²) in [4.78, 5) is 28.9. The van der Waals surface area contributed by atoms with Crippen molar-refractivity contribution < 1.29 is 9.59 Å². The highest BCUT2D eigenvalue weighted by atomic mass is 16.2. The van der Waals surface area contributed by atoms with Gasteiger partial charge >= 0.3 is 0 Å². The second kappa shape index (κ2) is 7.56. The van der Waals surface area contributed by atoms with Crippen LogP contribution in [0.4, 0.5) is 5.69 Å². The van der Waals surface area contributed by atoms with Gasteiger partial charge in [0.25, 0.3) is 0 Å². The van der Waals surface area contributed by atoms with Gasteiger partial charge in [-0.15, -0.1) is 0 Å². The molecule has 30 heavy (non-hydrogen) atoms. The van der Waals surface area contributed by atoms with Gasteiger partial charge in [0, 0.05) is 0 Å². The van der Waals surface area contributed by atoms with E-state index in [-0.39, 0.29) is 35.5 Å². The number of imide groups is 1. The van der Waals surface area contributed by atoms with Gasteiger partial charge in [-0.3, -0.25) is 14.5 Å². The summed E-state index contributed by atoms with van der Waals surface area (Å²) in [6.45, 7) is 1.99. The van der Waals surface area contributed by atoms with Crippen molar-refractivity contribution in [3.8, 4) is 0 Å². The molecule has 0 radical (unpaired) electrons. The molecule has 150 valence electrons. The highest BCUT2D eigenvalue weighted by molar-refractivity contribution is 6.22. The smallest absolute Gasteiger partial charge is 0.238 e. The average Bonchev–Trinajstić information content (AvgIpc) is 3.05. The predicted molar refractivity (Wildman–Crippen MR) is 118 cm³/mol. The van der Waals surface area contributed by atoms with E-state index in [1.165, 1.54) is 4.90 Å². The molecule has 5 rings (SSSR count). The minimum Gasteiger partial charge on any atom is -0.274 e. The van der Waals surface area contributed by atoms with Crippen LogP contribution in [0.25, 0.3) is 0 Å². The zero-order valence-electron chi connectivity index (χ0n) is 17.1. The molecule has 3 aromatic carbocycles. The van der Waals surface area contributed by atoms with Crippen molar-refractivity contribution in [2.75, 3.05) is 4.90 Å². The third kappa shape index (κ3) is 3.06. The summed E-state index contributed by atoms with van der Waals surface area (Å²) in [6.07, 6.45) is 1.82. The lowest BCUT2D eigenvalue weighted by atomic mass is 9.64. The zero-order chi connectivity index (χ0) is 20.7. The van der Waals surface area contributed by atoms with Gasteiger partial charge in [0.2, 0.25) is 11.8 Å². The van der Waals surface area contributed by atoms with Crippen molar-refractivity contribution in [1.82, 2.24) is 0 Å². The first-order valence-electron chi connectivity index (χ1n) is 10.7. The summed E-state index contributed by atoms with van der Waals surface area (Å²) in [5, 5.41) is 0. The molecule has 3 aromatic rings.